The fourth-order valence-electron chi connectivity index (χ4n) is 3.04. The van der Waals surface area contributed by atoms with Gasteiger partial charge in [0.05, 0.1) is 12.0 Å². The normalized spacial score (nSPS) is 21.5. The lowest BCUT2D eigenvalue weighted by atomic mass is 9.93. The number of nitrogens with zero attached hydrogens (tertiary/aromatic N) is 1. The summed E-state index contributed by atoms with van der Waals surface area (Å²) < 4.78 is 13.1. The van der Waals surface area contributed by atoms with Crippen molar-refractivity contribution in [2.75, 3.05) is 11.4 Å². The summed E-state index contributed by atoms with van der Waals surface area (Å²) in [5.41, 5.74) is 1.83. The molecule has 0 aliphatic carbocycles. The van der Waals surface area contributed by atoms with Gasteiger partial charge in [-0.1, -0.05) is 30.3 Å². The van der Waals surface area contributed by atoms with Crippen molar-refractivity contribution in [1.82, 2.24) is 0 Å². The van der Waals surface area contributed by atoms with Crippen molar-refractivity contribution in [1.29, 1.82) is 0 Å². The first-order valence-electron chi connectivity index (χ1n) is 6.97. The number of anilines is 1. The second-order valence-corrected chi connectivity index (χ2v) is 5.26. The fourth-order valence-corrected chi connectivity index (χ4v) is 3.04. The first-order valence-corrected chi connectivity index (χ1v) is 6.97. The summed E-state index contributed by atoms with van der Waals surface area (Å²) in [7, 11) is 0. The van der Waals surface area contributed by atoms with Gasteiger partial charge in [-0.25, -0.2) is 4.39 Å². The minimum absolute atomic E-state index is 0.214. The van der Waals surface area contributed by atoms with E-state index in [0.717, 1.165) is 11.3 Å². The standard InChI is InChI=1S/C17H16FNO2/c18-13-6-8-14(9-7-13)19-11-10-15(17(20)21)16(19)12-4-2-1-3-5-12/h1-9,15-16H,10-11H2,(H,20,21)/t15-,16-/m0/s1. The minimum atomic E-state index is -0.784. The van der Waals surface area contributed by atoms with Gasteiger partial charge in [0, 0.05) is 12.2 Å². The zero-order chi connectivity index (χ0) is 14.8. The van der Waals surface area contributed by atoms with Crippen LogP contribution in [0.4, 0.5) is 10.1 Å². The minimum Gasteiger partial charge on any atom is -0.481 e. The van der Waals surface area contributed by atoms with Gasteiger partial charge in [-0.3, -0.25) is 4.79 Å². The molecule has 2 aromatic rings. The molecule has 2 atom stereocenters. The predicted octanol–water partition coefficient (Wildman–Crippen LogP) is 3.48. The molecule has 0 aromatic heterocycles. The van der Waals surface area contributed by atoms with Gasteiger partial charge in [-0.15, -0.1) is 0 Å². The van der Waals surface area contributed by atoms with E-state index in [4.69, 9.17) is 0 Å². The number of rotatable bonds is 3. The molecule has 1 heterocycles. The van der Waals surface area contributed by atoms with Crippen LogP contribution in [0.25, 0.3) is 0 Å². The summed E-state index contributed by atoms with van der Waals surface area (Å²) >= 11 is 0. The molecule has 1 N–H and O–H groups in total. The third-order valence-corrected chi connectivity index (χ3v) is 4.01. The fraction of sp³-hybridized carbons (Fsp3) is 0.235. The Bertz CT molecular complexity index is 627. The zero-order valence-electron chi connectivity index (χ0n) is 11.4. The van der Waals surface area contributed by atoms with Gasteiger partial charge < -0.3 is 10.0 Å². The lowest BCUT2D eigenvalue weighted by Gasteiger charge is -2.29. The summed E-state index contributed by atoms with van der Waals surface area (Å²) in [6.07, 6.45) is 0.590. The monoisotopic (exact) mass is 285 g/mol. The zero-order valence-corrected chi connectivity index (χ0v) is 11.4. The summed E-state index contributed by atoms with van der Waals surface area (Å²) in [6, 6.07) is 15.6. The van der Waals surface area contributed by atoms with E-state index in [1.165, 1.54) is 12.1 Å². The van der Waals surface area contributed by atoms with E-state index < -0.39 is 11.9 Å². The number of hydrogen-bond donors (Lipinski definition) is 1. The molecule has 1 aliphatic rings. The van der Waals surface area contributed by atoms with Crippen molar-refractivity contribution < 1.29 is 14.3 Å². The Kier molecular flexibility index (Phi) is 3.60. The second kappa shape index (κ2) is 5.56. The maximum atomic E-state index is 13.1. The van der Waals surface area contributed by atoms with Crippen molar-refractivity contribution in [3.05, 3.63) is 66.0 Å². The highest BCUT2D eigenvalue weighted by atomic mass is 19.1. The highest BCUT2D eigenvalue weighted by Gasteiger charge is 2.39. The summed E-state index contributed by atoms with van der Waals surface area (Å²) in [5.74, 6) is -1.52. The van der Waals surface area contributed by atoms with Gasteiger partial charge in [0.25, 0.3) is 0 Å². The molecule has 4 heteroatoms. The summed E-state index contributed by atoms with van der Waals surface area (Å²) in [5, 5.41) is 9.47. The first-order chi connectivity index (χ1) is 10.2. The van der Waals surface area contributed by atoms with Crippen LogP contribution in [-0.4, -0.2) is 17.6 Å². The van der Waals surface area contributed by atoms with Gasteiger partial charge in [-0.05, 0) is 36.2 Å². The van der Waals surface area contributed by atoms with Crippen LogP contribution in [0.1, 0.15) is 18.0 Å². The van der Waals surface area contributed by atoms with Crippen LogP contribution in [0, 0.1) is 11.7 Å². The van der Waals surface area contributed by atoms with Crippen LogP contribution in [-0.2, 0) is 4.79 Å². The van der Waals surface area contributed by atoms with Crippen molar-refractivity contribution in [2.45, 2.75) is 12.5 Å². The van der Waals surface area contributed by atoms with Gasteiger partial charge in [0.15, 0.2) is 0 Å². The molecule has 1 fully saturated rings. The number of carbonyl (C=O) groups is 1. The topological polar surface area (TPSA) is 40.5 Å². The molecule has 0 unspecified atom stereocenters. The maximum absolute atomic E-state index is 13.1. The molecule has 2 aromatic carbocycles. The van der Waals surface area contributed by atoms with Crippen LogP contribution in [0.2, 0.25) is 0 Å². The van der Waals surface area contributed by atoms with Gasteiger partial charge in [0.2, 0.25) is 0 Å². The predicted molar refractivity (Wildman–Crippen MR) is 78.7 cm³/mol. The number of halogens is 1. The molecule has 1 saturated heterocycles. The average Bonchev–Trinajstić information content (AvgIpc) is 2.94. The number of aliphatic carboxylic acids is 1. The van der Waals surface area contributed by atoms with E-state index in [1.54, 1.807) is 12.1 Å². The van der Waals surface area contributed by atoms with Gasteiger partial charge >= 0.3 is 5.97 Å². The van der Waals surface area contributed by atoms with E-state index >= 15 is 0 Å². The van der Waals surface area contributed by atoms with E-state index in [2.05, 4.69) is 0 Å². The number of carboxylic acids is 1. The molecule has 3 nitrogen and oxygen atoms in total. The van der Waals surface area contributed by atoms with Crippen LogP contribution < -0.4 is 4.90 Å². The lowest BCUT2D eigenvalue weighted by molar-refractivity contribution is -0.141. The van der Waals surface area contributed by atoms with Crippen LogP contribution in [0.15, 0.2) is 54.6 Å². The number of carboxylic acid groups (broad SMARTS) is 1. The summed E-state index contributed by atoms with van der Waals surface area (Å²) in [4.78, 5) is 13.6. The van der Waals surface area contributed by atoms with E-state index in [9.17, 15) is 14.3 Å². The van der Waals surface area contributed by atoms with E-state index in [0.29, 0.717) is 13.0 Å². The Morgan fingerprint density at radius 1 is 1.10 bits per heavy atom. The molecule has 108 valence electrons. The van der Waals surface area contributed by atoms with Crippen LogP contribution >= 0.6 is 0 Å². The molecule has 1 aliphatic heterocycles. The SMILES string of the molecule is O=C(O)[C@H]1CCN(c2ccc(F)cc2)[C@H]1c1ccccc1. The highest BCUT2D eigenvalue weighted by Crippen LogP contribution is 2.40. The molecule has 0 amide bonds. The van der Waals surface area contributed by atoms with Crippen LogP contribution in [0.5, 0.6) is 0 Å². The molecule has 0 saturated carbocycles. The van der Waals surface area contributed by atoms with E-state index in [1.807, 2.05) is 35.2 Å². The third kappa shape index (κ3) is 2.61. The second-order valence-electron chi connectivity index (χ2n) is 5.26. The van der Waals surface area contributed by atoms with Crippen molar-refractivity contribution >= 4 is 11.7 Å². The molecule has 3 rings (SSSR count). The molecule has 0 bridgehead atoms. The molecular weight excluding hydrogens is 269 g/mol. The first kappa shape index (κ1) is 13.6. The van der Waals surface area contributed by atoms with Crippen LogP contribution in [0.3, 0.4) is 0 Å². The highest BCUT2D eigenvalue weighted by molar-refractivity contribution is 5.73. The van der Waals surface area contributed by atoms with E-state index in [-0.39, 0.29) is 11.9 Å². The Morgan fingerprint density at radius 3 is 2.38 bits per heavy atom. The molecule has 0 spiro atoms. The number of benzene rings is 2. The maximum Gasteiger partial charge on any atom is 0.309 e. The third-order valence-electron chi connectivity index (χ3n) is 4.01. The molecule has 0 radical (unpaired) electrons. The summed E-state index contributed by atoms with van der Waals surface area (Å²) in [6.45, 7) is 0.655. The van der Waals surface area contributed by atoms with Gasteiger partial charge in [0.1, 0.15) is 5.82 Å². The largest absolute Gasteiger partial charge is 0.481 e. The Labute approximate surface area is 122 Å². The van der Waals surface area contributed by atoms with Crippen molar-refractivity contribution in [3.63, 3.8) is 0 Å². The van der Waals surface area contributed by atoms with Crippen molar-refractivity contribution in [2.24, 2.45) is 5.92 Å². The van der Waals surface area contributed by atoms with Crippen molar-refractivity contribution in [3.8, 4) is 0 Å². The molecule has 21 heavy (non-hydrogen) atoms. The van der Waals surface area contributed by atoms with Gasteiger partial charge in [-0.2, -0.15) is 0 Å². The average molecular weight is 285 g/mol. The Morgan fingerprint density at radius 2 is 1.76 bits per heavy atom. The Balaban J connectivity index is 1.99. The Hall–Kier alpha value is -2.36. The molecular formula is C17H16FNO2. The smallest absolute Gasteiger partial charge is 0.309 e. The number of hydrogen-bond acceptors (Lipinski definition) is 2. The quantitative estimate of drug-likeness (QED) is 0.938. The lowest BCUT2D eigenvalue weighted by Crippen LogP contribution is -2.28.